The Bertz CT molecular complexity index is 203. The van der Waals surface area contributed by atoms with Crippen molar-refractivity contribution in [2.24, 2.45) is 5.14 Å². The summed E-state index contributed by atoms with van der Waals surface area (Å²) in [5, 5.41) is 5.90. The third-order valence-corrected chi connectivity index (χ3v) is 2.70. The zero-order valence-electron chi connectivity index (χ0n) is 6.24. The van der Waals surface area contributed by atoms with Crippen molar-refractivity contribution in [2.45, 2.75) is 4.90 Å². The molecule has 3 heteroatoms. The third kappa shape index (κ3) is 1.72. The Hall–Kier alpha value is -0.540. The number of hydrogen-bond acceptors (Lipinski definition) is 2. The standard InChI is InChI=1S/C7H12N2S/c1-10(2,8)7-4-3-5-9-6-7/h3-6H,8H2,1-2H3. The summed E-state index contributed by atoms with van der Waals surface area (Å²) < 4.78 is 0. The molecule has 56 valence electrons. The van der Waals surface area contributed by atoms with Gasteiger partial charge in [0.25, 0.3) is 0 Å². The van der Waals surface area contributed by atoms with E-state index >= 15 is 0 Å². The average molecular weight is 156 g/mol. The number of pyridine rings is 1. The highest BCUT2D eigenvalue weighted by molar-refractivity contribution is 8.30. The van der Waals surface area contributed by atoms with Crippen LogP contribution in [0.15, 0.2) is 29.4 Å². The molecule has 0 radical (unpaired) electrons. The molecular weight excluding hydrogens is 144 g/mol. The third-order valence-electron chi connectivity index (χ3n) is 1.24. The van der Waals surface area contributed by atoms with Gasteiger partial charge in [-0.3, -0.25) is 10.1 Å². The smallest absolute Gasteiger partial charge is 0.0399 e. The molecule has 0 unspecified atom stereocenters. The lowest BCUT2D eigenvalue weighted by Crippen LogP contribution is -2.06. The van der Waals surface area contributed by atoms with Gasteiger partial charge in [-0.2, -0.15) is 10.2 Å². The van der Waals surface area contributed by atoms with Gasteiger partial charge in [0.15, 0.2) is 0 Å². The zero-order valence-corrected chi connectivity index (χ0v) is 7.06. The summed E-state index contributed by atoms with van der Waals surface area (Å²) in [5.74, 6) is 0. The van der Waals surface area contributed by atoms with Gasteiger partial charge in [0.05, 0.1) is 0 Å². The van der Waals surface area contributed by atoms with Crippen LogP contribution in [-0.4, -0.2) is 17.5 Å². The highest BCUT2D eigenvalue weighted by Crippen LogP contribution is 2.39. The fourth-order valence-electron chi connectivity index (χ4n) is 0.658. The number of nitrogens with zero attached hydrogens (tertiary/aromatic N) is 1. The molecule has 2 N–H and O–H groups in total. The van der Waals surface area contributed by atoms with Crippen molar-refractivity contribution >= 4 is 10.2 Å². The summed E-state index contributed by atoms with van der Waals surface area (Å²) in [7, 11) is -1.07. The van der Waals surface area contributed by atoms with E-state index in [0.29, 0.717) is 0 Å². The van der Waals surface area contributed by atoms with Crippen molar-refractivity contribution in [1.82, 2.24) is 4.98 Å². The van der Waals surface area contributed by atoms with Crippen LogP contribution in [0.5, 0.6) is 0 Å². The van der Waals surface area contributed by atoms with Crippen LogP contribution in [0.25, 0.3) is 0 Å². The van der Waals surface area contributed by atoms with Crippen LogP contribution < -0.4 is 5.14 Å². The first-order valence-corrected chi connectivity index (χ1v) is 5.53. The number of rotatable bonds is 1. The highest BCUT2D eigenvalue weighted by Gasteiger charge is 2.06. The van der Waals surface area contributed by atoms with E-state index in [4.69, 9.17) is 5.14 Å². The van der Waals surface area contributed by atoms with Crippen molar-refractivity contribution in [1.29, 1.82) is 0 Å². The van der Waals surface area contributed by atoms with Gasteiger partial charge >= 0.3 is 0 Å². The quantitative estimate of drug-likeness (QED) is 0.667. The Morgan fingerprint density at radius 2 is 2.20 bits per heavy atom. The second-order valence-electron chi connectivity index (χ2n) is 2.59. The van der Waals surface area contributed by atoms with Crippen molar-refractivity contribution in [3.8, 4) is 0 Å². The highest BCUT2D eigenvalue weighted by atomic mass is 32.3. The van der Waals surface area contributed by atoms with Crippen molar-refractivity contribution in [3.63, 3.8) is 0 Å². The summed E-state index contributed by atoms with van der Waals surface area (Å²) in [6.07, 6.45) is 7.68. The van der Waals surface area contributed by atoms with Crippen molar-refractivity contribution in [2.75, 3.05) is 12.5 Å². The maximum absolute atomic E-state index is 5.90. The van der Waals surface area contributed by atoms with E-state index < -0.39 is 10.2 Å². The maximum atomic E-state index is 5.90. The molecule has 0 atom stereocenters. The summed E-state index contributed by atoms with van der Waals surface area (Å²) in [6.45, 7) is 0. The van der Waals surface area contributed by atoms with Gasteiger partial charge < -0.3 is 0 Å². The Labute approximate surface area is 62.9 Å². The van der Waals surface area contributed by atoms with Crippen molar-refractivity contribution in [3.05, 3.63) is 24.5 Å². The second-order valence-corrected chi connectivity index (χ2v) is 5.88. The lowest BCUT2D eigenvalue weighted by molar-refractivity contribution is 1.23. The Morgan fingerprint density at radius 1 is 1.50 bits per heavy atom. The summed E-state index contributed by atoms with van der Waals surface area (Å²) in [5.41, 5.74) is 0. The van der Waals surface area contributed by atoms with Gasteiger partial charge in [0, 0.05) is 17.3 Å². The van der Waals surface area contributed by atoms with Gasteiger partial charge in [-0.25, -0.2) is 0 Å². The molecule has 0 saturated heterocycles. The molecule has 10 heavy (non-hydrogen) atoms. The lowest BCUT2D eigenvalue weighted by atomic mass is 10.5. The van der Waals surface area contributed by atoms with E-state index in [-0.39, 0.29) is 0 Å². The molecule has 1 heterocycles. The number of aromatic nitrogens is 1. The normalized spacial score (nSPS) is 13.1. The summed E-state index contributed by atoms with van der Waals surface area (Å²) in [4.78, 5) is 5.14. The molecule has 0 saturated carbocycles. The van der Waals surface area contributed by atoms with Crippen LogP contribution in [-0.2, 0) is 0 Å². The largest absolute Gasteiger partial charge is 0.291 e. The average Bonchev–Trinajstić information content (AvgIpc) is 1.88. The topological polar surface area (TPSA) is 38.9 Å². The predicted molar refractivity (Wildman–Crippen MR) is 46.1 cm³/mol. The van der Waals surface area contributed by atoms with Crippen LogP contribution >= 0.6 is 10.2 Å². The van der Waals surface area contributed by atoms with Crippen LogP contribution in [0.2, 0.25) is 0 Å². The fourth-order valence-corrected chi connectivity index (χ4v) is 1.42. The summed E-state index contributed by atoms with van der Waals surface area (Å²) >= 11 is 0. The minimum absolute atomic E-state index is 1.07. The molecule has 0 fully saturated rings. The molecular formula is C7H12N2S. The minimum atomic E-state index is -1.07. The van der Waals surface area contributed by atoms with Crippen LogP contribution in [0.4, 0.5) is 0 Å². The van der Waals surface area contributed by atoms with E-state index in [9.17, 15) is 0 Å². The first-order valence-electron chi connectivity index (χ1n) is 3.02. The Kier molecular flexibility index (Phi) is 1.97. The molecule has 0 aromatic carbocycles. The van der Waals surface area contributed by atoms with Gasteiger partial charge in [0.1, 0.15) is 0 Å². The molecule has 0 aliphatic rings. The van der Waals surface area contributed by atoms with E-state index in [2.05, 4.69) is 4.98 Å². The minimum Gasteiger partial charge on any atom is -0.291 e. The Balaban J connectivity index is 2.97. The van der Waals surface area contributed by atoms with Crippen LogP contribution in [0, 0.1) is 0 Å². The monoisotopic (exact) mass is 156 g/mol. The van der Waals surface area contributed by atoms with E-state index in [0.717, 1.165) is 4.90 Å². The van der Waals surface area contributed by atoms with Crippen LogP contribution in [0.3, 0.4) is 0 Å². The van der Waals surface area contributed by atoms with Crippen LogP contribution in [0.1, 0.15) is 0 Å². The molecule has 1 aromatic heterocycles. The van der Waals surface area contributed by atoms with Gasteiger partial charge in [-0.05, 0) is 24.6 Å². The van der Waals surface area contributed by atoms with E-state index in [1.807, 2.05) is 30.8 Å². The molecule has 0 aliphatic heterocycles. The lowest BCUT2D eigenvalue weighted by Gasteiger charge is -2.24. The van der Waals surface area contributed by atoms with Gasteiger partial charge in [0.2, 0.25) is 0 Å². The molecule has 0 bridgehead atoms. The number of nitrogens with two attached hydrogens (primary N) is 1. The second kappa shape index (κ2) is 2.60. The SMILES string of the molecule is CS(C)(N)c1cccnc1. The summed E-state index contributed by atoms with van der Waals surface area (Å²) in [6, 6.07) is 3.93. The molecule has 0 amide bonds. The fraction of sp³-hybridized carbons (Fsp3) is 0.286. The van der Waals surface area contributed by atoms with Gasteiger partial charge in [-0.1, -0.05) is 0 Å². The molecule has 0 aliphatic carbocycles. The number of hydrogen-bond donors (Lipinski definition) is 1. The Morgan fingerprint density at radius 3 is 2.50 bits per heavy atom. The molecule has 0 spiro atoms. The molecule has 2 nitrogen and oxygen atoms in total. The first-order chi connectivity index (χ1) is 4.61. The molecule has 1 rings (SSSR count). The first kappa shape index (κ1) is 7.57. The molecule has 1 aromatic rings. The zero-order chi connectivity index (χ0) is 7.61. The van der Waals surface area contributed by atoms with E-state index in [1.54, 1.807) is 6.20 Å². The van der Waals surface area contributed by atoms with Crippen molar-refractivity contribution < 1.29 is 0 Å². The van der Waals surface area contributed by atoms with Gasteiger partial charge in [-0.15, -0.1) is 0 Å². The van der Waals surface area contributed by atoms with E-state index in [1.165, 1.54) is 0 Å². The maximum Gasteiger partial charge on any atom is 0.0399 e. The predicted octanol–water partition coefficient (Wildman–Crippen LogP) is 1.38.